The second kappa shape index (κ2) is 7.25. The lowest BCUT2D eigenvalue weighted by Crippen LogP contribution is -2.10. The molecule has 17 heavy (non-hydrogen) atoms. The fourth-order valence-electron chi connectivity index (χ4n) is 1.32. The van der Waals surface area contributed by atoms with Crippen molar-refractivity contribution >= 4 is 0 Å². The zero-order chi connectivity index (χ0) is 13.5. The van der Waals surface area contributed by atoms with E-state index in [9.17, 15) is 8.78 Å². The summed E-state index contributed by atoms with van der Waals surface area (Å²) in [6.07, 6.45) is 0.808. The summed E-state index contributed by atoms with van der Waals surface area (Å²) in [6, 6.07) is 4.86. The summed E-state index contributed by atoms with van der Waals surface area (Å²) in [5.74, 6) is -2.57. The Morgan fingerprint density at radius 3 is 2.29 bits per heavy atom. The maximum atomic E-state index is 13.2. The van der Waals surface area contributed by atoms with E-state index >= 15 is 0 Å². The van der Waals surface area contributed by atoms with Crippen molar-refractivity contribution in [2.24, 2.45) is 0 Å². The van der Waals surface area contributed by atoms with E-state index in [-0.39, 0.29) is 11.3 Å². The van der Waals surface area contributed by atoms with Crippen LogP contribution in [0.25, 0.3) is 0 Å². The molecule has 1 aromatic rings. The van der Waals surface area contributed by atoms with Gasteiger partial charge in [-0.05, 0) is 25.5 Å². The smallest absolute Gasteiger partial charge is 0.274 e. The fourth-order valence-corrected chi connectivity index (χ4v) is 1.32. The summed E-state index contributed by atoms with van der Waals surface area (Å²) in [4.78, 5) is 0. The molecule has 0 bridgehead atoms. The molecule has 98 valence electrons. The van der Waals surface area contributed by atoms with Crippen molar-refractivity contribution in [1.82, 2.24) is 0 Å². The Kier molecular flexibility index (Phi) is 6.78. The Bertz CT molecular complexity index is 329. The van der Waals surface area contributed by atoms with E-state index < -0.39 is 5.92 Å². The van der Waals surface area contributed by atoms with Crippen LogP contribution in [0.15, 0.2) is 18.2 Å². The van der Waals surface area contributed by atoms with E-state index in [1.165, 1.54) is 6.07 Å². The van der Waals surface area contributed by atoms with Crippen molar-refractivity contribution in [1.29, 1.82) is 0 Å². The molecule has 3 heteroatoms. The molecule has 0 atom stereocenters. The summed E-state index contributed by atoms with van der Waals surface area (Å²) in [5, 5.41) is 0. The summed E-state index contributed by atoms with van der Waals surface area (Å²) in [7, 11) is 0. The lowest BCUT2D eigenvalue weighted by Gasteiger charge is -2.16. The molecule has 1 rings (SSSR count). The van der Waals surface area contributed by atoms with Gasteiger partial charge in [0.25, 0.3) is 5.92 Å². The van der Waals surface area contributed by atoms with E-state index in [0.717, 1.165) is 18.9 Å². The van der Waals surface area contributed by atoms with Gasteiger partial charge in [0.1, 0.15) is 5.75 Å². The number of rotatable bonds is 4. The Hall–Kier alpha value is -1.12. The van der Waals surface area contributed by atoms with E-state index in [2.05, 4.69) is 0 Å². The van der Waals surface area contributed by atoms with Crippen LogP contribution >= 0.6 is 0 Å². The zero-order valence-electron chi connectivity index (χ0n) is 11.3. The zero-order valence-corrected chi connectivity index (χ0v) is 11.3. The van der Waals surface area contributed by atoms with Gasteiger partial charge in [-0.15, -0.1) is 0 Å². The average molecular weight is 244 g/mol. The van der Waals surface area contributed by atoms with Crippen LogP contribution in [0.2, 0.25) is 0 Å². The molecule has 0 aliphatic rings. The molecule has 1 aromatic carbocycles. The van der Waals surface area contributed by atoms with Crippen LogP contribution in [0.4, 0.5) is 8.78 Å². The monoisotopic (exact) mass is 244 g/mol. The maximum Gasteiger partial charge on any atom is 0.274 e. The normalized spacial score (nSPS) is 10.5. The predicted octanol–water partition coefficient (Wildman–Crippen LogP) is 4.92. The van der Waals surface area contributed by atoms with Gasteiger partial charge in [-0.25, -0.2) is 8.78 Å². The van der Waals surface area contributed by atoms with Crippen molar-refractivity contribution in [3.63, 3.8) is 0 Å². The third-order valence-corrected chi connectivity index (χ3v) is 2.07. The van der Waals surface area contributed by atoms with Gasteiger partial charge in [0.05, 0.1) is 12.2 Å². The molecule has 0 unspecified atom stereocenters. The molecular weight excluding hydrogens is 222 g/mol. The van der Waals surface area contributed by atoms with Crippen LogP contribution in [0.5, 0.6) is 5.75 Å². The summed E-state index contributed by atoms with van der Waals surface area (Å²) in [5.41, 5.74) is 0.784. The molecule has 0 fully saturated rings. The van der Waals surface area contributed by atoms with E-state index in [1.54, 1.807) is 19.1 Å². The highest BCUT2D eigenvalue weighted by atomic mass is 19.3. The minimum absolute atomic E-state index is 0.0315. The van der Waals surface area contributed by atoms with E-state index in [0.29, 0.717) is 6.61 Å². The molecule has 0 amide bonds. The Labute approximate surface area is 103 Å². The Morgan fingerprint density at radius 1 is 1.24 bits per heavy atom. The molecule has 0 radical (unpaired) electrons. The Balaban J connectivity index is 0.00000121. The molecule has 0 spiro atoms. The van der Waals surface area contributed by atoms with Crippen molar-refractivity contribution in [3.05, 3.63) is 29.3 Å². The molecule has 0 aliphatic carbocycles. The van der Waals surface area contributed by atoms with Crippen molar-refractivity contribution in [2.75, 3.05) is 6.61 Å². The van der Waals surface area contributed by atoms with Crippen LogP contribution in [0.3, 0.4) is 0 Å². The standard InChI is InChI=1S/C12H16F2O.C2H6/c1-4-7-15-11-6-5-9(2)8-10(11)12(3,13)14;1-2/h5-6,8H,4,7H2,1-3H3;1-2H3. The molecule has 0 aromatic heterocycles. The molecule has 1 nitrogen and oxygen atoms in total. The third kappa shape index (κ3) is 5.16. The minimum atomic E-state index is -2.85. The first-order valence-electron chi connectivity index (χ1n) is 6.07. The number of benzene rings is 1. The van der Waals surface area contributed by atoms with E-state index in [4.69, 9.17) is 4.74 Å². The first-order valence-corrected chi connectivity index (χ1v) is 6.07. The number of ether oxygens (including phenoxy) is 1. The number of hydrogen-bond donors (Lipinski definition) is 0. The van der Waals surface area contributed by atoms with Crippen molar-refractivity contribution in [3.8, 4) is 5.75 Å². The average Bonchev–Trinajstić information content (AvgIpc) is 2.29. The lowest BCUT2D eigenvalue weighted by molar-refractivity contribution is 0.0144. The quantitative estimate of drug-likeness (QED) is 0.730. The van der Waals surface area contributed by atoms with Crippen LogP contribution in [0, 0.1) is 6.92 Å². The largest absolute Gasteiger partial charge is 0.493 e. The molecule has 0 saturated heterocycles. The number of hydrogen-bond acceptors (Lipinski definition) is 1. The van der Waals surface area contributed by atoms with Gasteiger partial charge in [0.15, 0.2) is 0 Å². The molecule has 0 saturated carbocycles. The van der Waals surface area contributed by atoms with Crippen LogP contribution in [0.1, 0.15) is 45.2 Å². The highest BCUT2D eigenvalue weighted by molar-refractivity contribution is 5.39. The number of aryl methyl sites for hydroxylation is 1. The highest BCUT2D eigenvalue weighted by Crippen LogP contribution is 2.35. The van der Waals surface area contributed by atoms with Gasteiger partial charge >= 0.3 is 0 Å². The van der Waals surface area contributed by atoms with Gasteiger partial charge in [-0.3, -0.25) is 0 Å². The van der Waals surface area contributed by atoms with Crippen LogP contribution in [-0.4, -0.2) is 6.61 Å². The van der Waals surface area contributed by atoms with Crippen LogP contribution < -0.4 is 4.74 Å². The first kappa shape index (κ1) is 15.9. The fraction of sp³-hybridized carbons (Fsp3) is 0.571. The topological polar surface area (TPSA) is 9.23 Å². The van der Waals surface area contributed by atoms with Crippen LogP contribution in [-0.2, 0) is 5.92 Å². The molecule has 0 heterocycles. The summed E-state index contributed by atoms with van der Waals surface area (Å²) < 4.78 is 31.8. The summed E-state index contributed by atoms with van der Waals surface area (Å²) in [6.45, 7) is 9.09. The Morgan fingerprint density at radius 2 is 1.82 bits per heavy atom. The summed E-state index contributed by atoms with van der Waals surface area (Å²) >= 11 is 0. The van der Waals surface area contributed by atoms with Gasteiger partial charge in [0, 0.05) is 6.92 Å². The molecule has 0 N–H and O–H groups in total. The lowest BCUT2D eigenvalue weighted by atomic mass is 10.1. The second-order valence-electron chi connectivity index (χ2n) is 3.74. The predicted molar refractivity (Wildman–Crippen MR) is 67.9 cm³/mol. The number of halogens is 2. The third-order valence-electron chi connectivity index (χ3n) is 2.07. The SMILES string of the molecule is CC.CCCOc1ccc(C)cc1C(C)(F)F. The van der Waals surface area contributed by atoms with Gasteiger partial charge < -0.3 is 4.74 Å². The van der Waals surface area contributed by atoms with Gasteiger partial charge in [0.2, 0.25) is 0 Å². The minimum Gasteiger partial charge on any atom is -0.493 e. The molecular formula is C14H22F2O. The van der Waals surface area contributed by atoms with E-state index in [1.807, 2.05) is 20.8 Å². The van der Waals surface area contributed by atoms with Crippen molar-refractivity contribution in [2.45, 2.75) is 47.0 Å². The first-order chi connectivity index (χ1) is 7.95. The van der Waals surface area contributed by atoms with Gasteiger partial charge in [-0.1, -0.05) is 32.4 Å². The van der Waals surface area contributed by atoms with Crippen molar-refractivity contribution < 1.29 is 13.5 Å². The highest BCUT2D eigenvalue weighted by Gasteiger charge is 2.28. The number of alkyl halides is 2. The second-order valence-corrected chi connectivity index (χ2v) is 3.74. The molecule has 0 aliphatic heterocycles. The van der Waals surface area contributed by atoms with Gasteiger partial charge in [-0.2, -0.15) is 0 Å². The maximum absolute atomic E-state index is 13.2.